The fourth-order valence-corrected chi connectivity index (χ4v) is 2.81. The van der Waals surface area contributed by atoms with Gasteiger partial charge in [-0.25, -0.2) is 4.79 Å². The minimum absolute atomic E-state index is 0.201. The highest BCUT2D eigenvalue weighted by Gasteiger charge is 2.27. The van der Waals surface area contributed by atoms with E-state index in [1.54, 1.807) is 7.11 Å². The van der Waals surface area contributed by atoms with Crippen LogP contribution in [0.4, 0.5) is 4.79 Å². The van der Waals surface area contributed by atoms with Crippen LogP contribution in [0.1, 0.15) is 50.7 Å². The van der Waals surface area contributed by atoms with Crippen molar-refractivity contribution in [1.29, 1.82) is 0 Å². The maximum absolute atomic E-state index is 12.1. The molecule has 4 nitrogen and oxygen atoms in total. The second-order valence-corrected chi connectivity index (χ2v) is 6.97. The third-order valence-electron chi connectivity index (χ3n) is 4.05. The summed E-state index contributed by atoms with van der Waals surface area (Å²) >= 11 is 0. The number of piperidine rings is 1. The van der Waals surface area contributed by atoms with E-state index in [1.165, 1.54) is 5.56 Å². The molecule has 0 radical (unpaired) electrons. The molecule has 0 spiro atoms. The Morgan fingerprint density at radius 2 is 1.86 bits per heavy atom. The van der Waals surface area contributed by atoms with Crippen LogP contribution in [0, 0.1) is 6.92 Å². The van der Waals surface area contributed by atoms with Crippen molar-refractivity contribution >= 4 is 6.09 Å². The van der Waals surface area contributed by atoms with Crippen LogP contribution in [0.5, 0.6) is 5.75 Å². The molecule has 122 valence electrons. The summed E-state index contributed by atoms with van der Waals surface area (Å²) in [5, 5.41) is 0. The van der Waals surface area contributed by atoms with Crippen molar-refractivity contribution in [2.24, 2.45) is 0 Å². The lowest BCUT2D eigenvalue weighted by Crippen LogP contribution is -2.41. The molecular formula is C18H27NO3. The zero-order valence-electron chi connectivity index (χ0n) is 14.3. The van der Waals surface area contributed by atoms with Gasteiger partial charge in [-0.2, -0.15) is 0 Å². The van der Waals surface area contributed by atoms with E-state index in [9.17, 15) is 4.79 Å². The van der Waals surface area contributed by atoms with E-state index < -0.39 is 5.60 Å². The molecule has 0 N–H and O–H groups in total. The number of methoxy groups -OCH3 is 1. The first-order valence-electron chi connectivity index (χ1n) is 7.92. The van der Waals surface area contributed by atoms with Gasteiger partial charge >= 0.3 is 6.09 Å². The van der Waals surface area contributed by atoms with Crippen LogP contribution in [0.2, 0.25) is 0 Å². The number of carbonyl (C=O) groups excluding carboxylic acids is 1. The van der Waals surface area contributed by atoms with E-state index in [0.717, 1.165) is 37.2 Å². The average molecular weight is 305 g/mol. The molecule has 1 aliphatic heterocycles. The summed E-state index contributed by atoms with van der Waals surface area (Å²) in [5.74, 6) is 1.42. The number of benzene rings is 1. The molecule has 1 heterocycles. The van der Waals surface area contributed by atoms with Gasteiger partial charge in [-0.3, -0.25) is 0 Å². The Hall–Kier alpha value is -1.71. The van der Waals surface area contributed by atoms with E-state index in [1.807, 2.05) is 32.6 Å². The predicted molar refractivity (Wildman–Crippen MR) is 87.5 cm³/mol. The molecule has 1 aromatic carbocycles. The summed E-state index contributed by atoms with van der Waals surface area (Å²) in [6, 6.07) is 6.41. The number of hydrogen-bond acceptors (Lipinski definition) is 3. The van der Waals surface area contributed by atoms with Crippen LogP contribution < -0.4 is 4.74 Å². The van der Waals surface area contributed by atoms with Crippen LogP contribution in [0.25, 0.3) is 0 Å². The average Bonchev–Trinajstić information content (AvgIpc) is 2.46. The van der Waals surface area contributed by atoms with E-state index in [-0.39, 0.29) is 6.09 Å². The molecule has 1 aromatic rings. The number of aryl methyl sites for hydroxylation is 1. The summed E-state index contributed by atoms with van der Waals surface area (Å²) in [4.78, 5) is 13.9. The largest absolute Gasteiger partial charge is 0.496 e. The predicted octanol–water partition coefficient (Wildman–Crippen LogP) is 4.12. The van der Waals surface area contributed by atoms with Crippen molar-refractivity contribution in [3.63, 3.8) is 0 Å². The molecule has 1 aliphatic rings. The molecule has 1 fully saturated rings. The lowest BCUT2D eigenvalue weighted by atomic mass is 9.89. The molecule has 1 amide bonds. The molecule has 0 atom stereocenters. The molecule has 0 aliphatic carbocycles. The lowest BCUT2D eigenvalue weighted by Gasteiger charge is -2.33. The number of rotatable bonds is 2. The maximum atomic E-state index is 12.1. The number of ether oxygens (including phenoxy) is 2. The maximum Gasteiger partial charge on any atom is 0.410 e. The highest BCUT2D eigenvalue weighted by molar-refractivity contribution is 5.68. The third kappa shape index (κ3) is 4.15. The minimum atomic E-state index is -0.432. The Morgan fingerprint density at radius 3 is 2.41 bits per heavy atom. The van der Waals surface area contributed by atoms with Crippen molar-refractivity contribution in [1.82, 2.24) is 4.90 Å². The van der Waals surface area contributed by atoms with Gasteiger partial charge in [-0.1, -0.05) is 12.1 Å². The second kappa shape index (κ2) is 6.59. The van der Waals surface area contributed by atoms with Gasteiger partial charge in [0.05, 0.1) is 7.11 Å². The van der Waals surface area contributed by atoms with E-state index >= 15 is 0 Å². The molecule has 0 bridgehead atoms. The monoisotopic (exact) mass is 305 g/mol. The SMILES string of the molecule is COc1cc(C2CCN(C(=O)OC(C)(C)C)CC2)ccc1C. The summed E-state index contributed by atoms with van der Waals surface area (Å²) in [5.41, 5.74) is 2.02. The van der Waals surface area contributed by atoms with Crippen LogP contribution in [-0.4, -0.2) is 36.8 Å². The fraction of sp³-hybridized carbons (Fsp3) is 0.611. The molecule has 4 heteroatoms. The third-order valence-corrected chi connectivity index (χ3v) is 4.05. The number of hydrogen-bond donors (Lipinski definition) is 0. The summed E-state index contributed by atoms with van der Waals surface area (Å²) < 4.78 is 10.8. The molecule has 0 unspecified atom stereocenters. The van der Waals surface area contributed by atoms with E-state index in [0.29, 0.717) is 5.92 Å². The van der Waals surface area contributed by atoms with Gasteiger partial charge < -0.3 is 14.4 Å². The summed E-state index contributed by atoms with van der Waals surface area (Å²) in [6.07, 6.45) is 1.73. The van der Waals surface area contributed by atoms with Crippen molar-refractivity contribution in [2.75, 3.05) is 20.2 Å². The van der Waals surface area contributed by atoms with Crippen LogP contribution in [0.15, 0.2) is 18.2 Å². The van der Waals surface area contributed by atoms with E-state index in [2.05, 4.69) is 18.2 Å². The smallest absolute Gasteiger partial charge is 0.410 e. The molecule has 0 aromatic heterocycles. The number of amides is 1. The highest BCUT2D eigenvalue weighted by Crippen LogP contribution is 2.31. The summed E-state index contributed by atoms with van der Waals surface area (Å²) in [6.45, 7) is 9.24. The molecule has 0 saturated carbocycles. The first-order valence-corrected chi connectivity index (χ1v) is 7.92. The van der Waals surface area contributed by atoms with Gasteiger partial charge in [-0.05, 0) is 63.6 Å². The van der Waals surface area contributed by atoms with Gasteiger partial charge in [0.2, 0.25) is 0 Å². The van der Waals surface area contributed by atoms with Crippen molar-refractivity contribution in [2.45, 2.75) is 52.1 Å². The Kier molecular flexibility index (Phi) is 4.99. The van der Waals surface area contributed by atoms with Gasteiger partial charge in [-0.15, -0.1) is 0 Å². The van der Waals surface area contributed by atoms with Crippen LogP contribution in [-0.2, 0) is 4.74 Å². The Labute approximate surface area is 133 Å². The van der Waals surface area contributed by atoms with Gasteiger partial charge in [0, 0.05) is 13.1 Å². The zero-order chi connectivity index (χ0) is 16.3. The lowest BCUT2D eigenvalue weighted by molar-refractivity contribution is 0.0205. The topological polar surface area (TPSA) is 38.8 Å². The Bertz CT molecular complexity index is 526. The van der Waals surface area contributed by atoms with Crippen molar-refractivity contribution < 1.29 is 14.3 Å². The second-order valence-electron chi connectivity index (χ2n) is 6.97. The van der Waals surface area contributed by atoms with Gasteiger partial charge in [0.15, 0.2) is 0 Å². The first-order chi connectivity index (χ1) is 10.3. The van der Waals surface area contributed by atoms with Crippen LogP contribution >= 0.6 is 0 Å². The standard InChI is InChI=1S/C18H27NO3/c1-13-6-7-15(12-16(13)21-5)14-8-10-19(11-9-14)17(20)22-18(2,3)4/h6-7,12,14H,8-11H2,1-5H3. The molecule has 22 heavy (non-hydrogen) atoms. The highest BCUT2D eigenvalue weighted by atomic mass is 16.6. The number of nitrogens with zero attached hydrogens (tertiary/aromatic N) is 1. The first kappa shape index (κ1) is 16.7. The van der Waals surface area contributed by atoms with Gasteiger partial charge in [0.25, 0.3) is 0 Å². The Morgan fingerprint density at radius 1 is 1.23 bits per heavy atom. The zero-order valence-corrected chi connectivity index (χ0v) is 14.3. The molecular weight excluding hydrogens is 278 g/mol. The normalized spacial score (nSPS) is 16.5. The quantitative estimate of drug-likeness (QED) is 0.825. The Balaban J connectivity index is 1.96. The number of likely N-dealkylation sites (tertiary alicyclic amines) is 1. The molecule has 1 saturated heterocycles. The van der Waals surface area contributed by atoms with Crippen LogP contribution in [0.3, 0.4) is 0 Å². The van der Waals surface area contributed by atoms with Crippen molar-refractivity contribution in [3.05, 3.63) is 29.3 Å². The minimum Gasteiger partial charge on any atom is -0.496 e. The molecule has 2 rings (SSSR count). The van der Waals surface area contributed by atoms with Crippen molar-refractivity contribution in [3.8, 4) is 5.75 Å². The fourth-order valence-electron chi connectivity index (χ4n) is 2.81. The summed E-state index contributed by atoms with van der Waals surface area (Å²) in [7, 11) is 1.71. The van der Waals surface area contributed by atoms with E-state index in [4.69, 9.17) is 9.47 Å². The number of carbonyl (C=O) groups is 1. The van der Waals surface area contributed by atoms with Gasteiger partial charge in [0.1, 0.15) is 11.4 Å².